The van der Waals surface area contributed by atoms with E-state index in [1.54, 1.807) is 0 Å². The third kappa shape index (κ3) is 13.2. The van der Waals surface area contributed by atoms with Crippen LogP contribution in [0, 0.1) is 5.92 Å². The van der Waals surface area contributed by atoms with Crippen LogP contribution in [0.2, 0.25) is 0 Å². The van der Waals surface area contributed by atoms with Gasteiger partial charge in [-0.1, -0.05) is 30.3 Å². The lowest BCUT2D eigenvalue weighted by Gasteiger charge is -2.22. The number of benzene rings is 1. The highest BCUT2D eigenvalue weighted by atomic mass is 16.5. The van der Waals surface area contributed by atoms with Crippen molar-refractivity contribution in [3.63, 3.8) is 0 Å². The van der Waals surface area contributed by atoms with Crippen LogP contribution in [0.1, 0.15) is 39.2 Å². The van der Waals surface area contributed by atoms with Crippen molar-refractivity contribution < 1.29 is 23.9 Å². The first-order valence-electron chi connectivity index (χ1n) is 9.83. The fourth-order valence-electron chi connectivity index (χ4n) is 2.48. The van der Waals surface area contributed by atoms with Crippen LogP contribution in [0.5, 0.6) is 0 Å². The van der Waals surface area contributed by atoms with Gasteiger partial charge in [0.25, 0.3) is 6.47 Å². The molecule has 162 valence electrons. The number of nitrogens with one attached hydrogen (secondary N) is 3. The van der Waals surface area contributed by atoms with Gasteiger partial charge in [-0.3, -0.25) is 9.59 Å². The van der Waals surface area contributed by atoms with E-state index < -0.39 is 6.09 Å². The molecule has 0 unspecified atom stereocenters. The molecule has 2 rings (SSSR count). The predicted octanol–water partition coefficient (Wildman–Crippen LogP) is 1.99. The van der Waals surface area contributed by atoms with E-state index in [2.05, 4.69) is 20.7 Å². The van der Waals surface area contributed by atoms with E-state index in [9.17, 15) is 14.4 Å². The molecule has 0 aliphatic carbocycles. The zero-order valence-electron chi connectivity index (χ0n) is 17.5. The molecule has 8 heteroatoms. The standard InChI is InChI=1S/C16H23N3O3.C5H10O2/c20-15(18-10-13-6-8-17-9-7-13)11-19-16(21)22-12-14-4-2-1-3-5-14;1-5(2,3)7-4-6/h1-5,13,17H,6-12H2,(H,18,20)(H,19,21);4H,1-3H3. The molecule has 1 saturated heterocycles. The minimum absolute atomic E-state index is 0.0570. The second-order valence-corrected chi connectivity index (χ2v) is 7.74. The van der Waals surface area contributed by atoms with E-state index in [4.69, 9.17) is 4.74 Å². The molecular weight excluding hydrogens is 374 g/mol. The molecule has 3 N–H and O–H groups in total. The molecule has 1 aliphatic heterocycles. The molecule has 8 nitrogen and oxygen atoms in total. The van der Waals surface area contributed by atoms with Gasteiger partial charge in [0.2, 0.25) is 5.91 Å². The number of alkyl carbamates (subject to hydrolysis) is 1. The molecule has 0 bridgehead atoms. The molecule has 0 spiro atoms. The maximum atomic E-state index is 11.7. The van der Waals surface area contributed by atoms with Gasteiger partial charge in [0.05, 0.1) is 6.54 Å². The fraction of sp³-hybridized carbons (Fsp3) is 0.571. The first-order chi connectivity index (χ1) is 13.8. The number of piperidine rings is 1. The van der Waals surface area contributed by atoms with Gasteiger partial charge >= 0.3 is 6.09 Å². The van der Waals surface area contributed by atoms with Gasteiger partial charge in [-0.05, 0) is 58.2 Å². The van der Waals surface area contributed by atoms with Gasteiger partial charge in [0.1, 0.15) is 12.2 Å². The van der Waals surface area contributed by atoms with Gasteiger partial charge in [-0.15, -0.1) is 0 Å². The molecule has 1 aliphatic rings. The molecule has 29 heavy (non-hydrogen) atoms. The van der Waals surface area contributed by atoms with Crippen LogP contribution in [-0.4, -0.2) is 50.3 Å². The summed E-state index contributed by atoms with van der Waals surface area (Å²) in [7, 11) is 0. The van der Waals surface area contributed by atoms with Crippen molar-refractivity contribution in [2.24, 2.45) is 5.92 Å². The molecule has 1 aromatic rings. The van der Waals surface area contributed by atoms with E-state index >= 15 is 0 Å². The molecule has 1 heterocycles. The third-order valence-electron chi connectivity index (χ3n) is 4.05. The Bertz CT molecular complexity index is 610. The number of amides is 2. The Kier molecular flexibility index (Phi) is 11.4. The SMILES string of the molecule is CC(C)(C)OC=O.O=C(CNC(=O)OCc1ccccc1)NCC1CCNCC1. The van der Waals surface area contributed by atoms with Gasteiger partial charge in [0, 0.05) is 6.54 Å². The van der Waals surface area contributed by atoms with Gasteiger partial charge in [-0.2, -0.15) is 0 Å². The lowest BCUT2D eigenvalue weighted by molar-refractivity contribution is -0.138. The summed E-state index contributed by atoms with van der Waals surface area (Å²) in [5.41, 5.74) is 0.592. The first kappa shape index (κ1) is 24.4. The number of hydrogen-bond acceptors (Lipinski definition) is 6. The molecule has 0 saturated carbocycles. The number of carbonyl (C=O) groups excluding carboxylic acids is 3. The van der Waals surface area contributed by atoms with Gasteiger partial charge < -0.3 is 25.4 Å². The van der Waals surface area contributed by atoms with Crippen LogP contribution in [0.25, 0.3) is 0 Å². The molecule has 2 amide bonds. The number of carbonyl (C=O) groups is 3. The van der Waals surface area contributed by atoms with Gasteiger partial charge in [-0.25, -0.2) is 4.79 Å². The van der Waals surface area contributed by atoms with Crippen molar-refractivity contribution >= 4 is 18.5 Å². The first-order valence-corrected chi connectivity index (χ1v) is 9.83. The summed E-state index contributed by atoms with van der Waals surface area (Å²) in [6.07, 6.45) is 1.57. The maximum absolute atomic E-state index is 11.7. The van der Waals surface area contributed by atoms with Gasteiger partial charge in [0.15, 0.2) is 0 Å². The Balaban J connectivity index is 0.000000516. The maximum Gasteiger partial charge on any atom is 0.407 e. The summed E-state index contributed by atoms with van der Waals surface area (Å²) in [5.74, 6) is 0.338. The summed E-state index contributed by atoms with van der Waals surface area (Å²) < 4.78 is 9.58. The quantitative estimate of drug-likeness (QED) is 0.597. The van der Waals surface area contributed by atoms with Crippen LogP contribution < -0.4 is 16.0 Å². The lowest BCUT2D eigenvalue weighted by Crippen LogP contribution is -2.41. The zero-order chi connectivity index (χ0) is 21.5. The van der Waals surface area contributed by atoms with Crippen molar-refractivity contribution in [2.45, 2.75) is 45.8 Å². The van der Waals surface area contributed by atoms with E-state index in [0.29, 0.717) is 18.9 Å². The summed E-state index contributed by atoms with van der Waals surface area (Å²) in [6.45, 7) is 8.74. The highest BCUT2D eigenvalue weighted by molar-refractivity contribution is 5.82. The van der Waals surface area contributed by atoms with Crippen molar-refractivity contribution in [2.75, 3.05) is 26.2 Å². The van der Waals surface area contributed by atoms with Crippen molar-refractivity contribution in [3.8, 4) is 0 Å². The van der Waals surface area contributed by atoms with Crippen LogP contribution in [-0.2, 0) is 25.7 Å². The molecule has 0 radical (unpaired) electrons. The Morgan fingerprint density at radius 3 is 2.34 bits per heavy atom. The van der Waals surface area contributed by atoms with Crippen LogP contribution >= 0.6 is 0 Å². The third-order valence-corrected chi connectivity index (χ3v) is 4.05. The number of hydrogen-bond donors (Lipinski definition) is 3. The average Bonchev–Trinajstić information content (AvgIpc) is 2.70. The topological polar surface area (TPSA) is 106 Å². The number of ether oxygens (including phenoxy) is 2. The van der Waals surface area contributed by atoms with Crippen molar-refractivity contribution in [3.05, 3.63) is 35.9 Å². The summed E-state index contributed by atoms with van der Waals surface area (Å²) >= 11 is 0. The second kappa shape index (κ2) is 13.5. The molecule has 0 atom stereocenters. The van der Waals surface area contributed by atoms with E-state index in [0.717, 1.165) is 31.5 Å². The monoisotopic (exact) mass is 407 g/mol. The summed E-state index contributed by atoms with van der Waals surface area (Å²) in [5, 5.41) is 8.58. The smallest absolute Gasteiger partial charge is 0.407 e. The summed E-state index contributed by atoms with van der Waals surface area (Å²) in [4.78, 5) is 32.8. The Morgan fingerprint density at radius 2 is 1.79 bits per heavy atom. The Labute approximate surface area is 172 Å². The minimum atomic E-state index is -0.583. The molecule has 1 fully saturated rings. The van der Waals surface area contributed by atoms with Crippen LogP contribution in [0.3, 0.4) is 0 Å². The largest absolute Gasteiger partial charge is 0.462 e. The second-order valence-electron chi connectivity index (χ2n) is 7.74. The lowest BCUT2D eigenvalue weighted by atomic mass is 9.98. The highest BCUT2D eigenvalue weighted by Crippen LogP contribution is 2.09. The highest BCUT2D eigenvalue weighted by Gasteiger charge is 2.14. The number of rotatable bonds is 7. The Morgan fingerprint density at radius 1 is 1.14 bits per heavy atom. The zero-order valence-corrected chi connectivity index (χ0v) is 17.5. The van der Waals surface area contributed by atoms with Crippen LogP contribution in [0.4, 0.5) is 4.79 Å². The minimum Gasteiger partial charge on any atom is -0.462 e. The molecule has 1 aromatic carbocycles. The predicted molar refractivity (Wildman–Crippen MR) is 110 cm³/mol. The average molecular weight is 408 g/mol. The van der Waals surface area contributed by atoms with E-state index in [1.165, 1.54) is 0 Å². The summed E-state index contributed by atoms with van der Waals surface area (Å²) in [6, 6.07) is 9.41. The molecule has 0 aromatic heterocycles. The van der Waals surface area contributed by atoms with E-state index in [-0.39, 0.29) is 24.7 Å². The van der Waals surface area contributed by atoms with E-state index in [1.807, 2.05) is 51.1 Å². The van der Waals surface area contributed by atoms with Crippen LogP contribution in [0.15, 0.2) is 30.3 Å². The van der Waals surface area contributed by atoms with Crippen molar-refractivity contribution in [1.82, 2.24) is 16.0 Å². The fourth-order valence-corrected chi connectivity index (χ4v) is 2.48. The van der Waals surface area contributed by atoms with Crippen molar-refractivity contribution in [1.29, 1.82) is 0 Å². The normalized spacial score (nSPS) is 14.0. The molecular formula is C21H33N3O5. The Hall–Kier alpha value is -2.61.